The van der Waals surface area contributed by atoms with Crippen LogP contribution >= 0.6 is 23.2 Å². The van der Waals surface area contributed by atoms with Gasteiger partial charge in [-0.2, -0.15) is 26.3 Å². The predicted molar refractivity (Wildman–Crippen MR) is 168 cm³/mol. The number of Topliss-reactive ketones (excluding diaryl/α,β-unsaturated/α-hetero) is 1. The molecule has 3 heterocycles. The summed E-state index contributed by atoms with van der Waals surface area (Å²) in [6, 6.07) is 6.85. The summed E-state index contributed by atoms with van der Waals surface area (Å²) in [5.74, 6) is -0.494. The van der Waals surface area contributed by atoms with Gasteiger partial charge in [-0.3, -0.25) is 4.79 Å². The zero-order valence-electron chi connectivity index (χ0n) is 27.1. The average molecular weight is 848 g/mol. The molecule has 0 radical (unpaired) electrons. The van der Waals surface area contributed by atoms with Crippen molar-refractivity contribution >= 4 is 38.9 Å². The van der Waals surface area contributed by atoms with Crippen molar-refractivity contribution in [2.24, 2.45) is 0 Å². The number of carbonyl (C=O) groups is 1. The van der Waals surface area contributed by atoms with Gasteiger partial charge in [-0.15, -0.1) is 4.21 Å². The summed E-state index contributed by atoms with van der Waals surface area (Å²) in [5, 5.41) is 0.969. The van der Waals surface area contributed by atoms with Gasteiger partial charge in [0, 0.05) is 45.8 Å². The van der Waals surface area contributed by atoms with Crippen LogP contribution in [-0.2, 0) is 47.3 Å². The number of benzene rings is 2. The molecule has 0 aliphatic carbocycles. The van der Waals surface area contributed by atoms with E-state index < -0.39 is 50.9 Å². The zero-order valence-corrected chi connectivity index (χ0v) is 31.6. The molecule has 0 aromatic heterocycles. The molecule has 0 N–H and O–H groups in total. The molecule has 0 spiro atoms. The highest BCUT2D eigenvalue weighted by Gasteiger charge is 2.67. The van der Waals surface area contributed by atoms with Crippen molar-refractivity contribution in [3.05, 3.63) is 56.6 Å². The second kappa shape index (κ2) is 14.9. The molecule has 0 bridgehead atoms. The number of hydrogen-bond acceptors (Lipinski definition) is 5. The lowest BCUT2D eigenvalue weighted by Gasteiger charge is -2.31. The monoisotopic (exact) mass is 846 g/mol. The Bertz CT molecular complexity index is 1490. The molecule has 2 aromatic rings. The minimum atomic E-state index is -4.82. The molecule has 0 amide bonds. The Labute approximate surface area is 299 Å². The predicted octanol–water partition coefficient (Wildman–Crippen LogP) is 5.73. The van der Waals surface area contributed by atoms with Gasteiger partial charge in [0.25, 0.3) is 0 Å². The number of alkyl halides is 6. The molecule has 3 aliphatic heterocycles. The fourth-order valence-electron chi connectivity index (χ4n) is 5.40. The second-order valence-corrected chi connectivity index (χ2v) is 18.0. The van der Waals surface area contributed by atoms with E-state index in [9.17, 15) is 35.3 Å². The van der Waals surface area contributed by atoms with Crippen molar-refractivity contribution in [1.29, 1.82) is 0 Å². The van der Waals surface area contributed by atoms with Gasteiger partial charge in [-0.05, 0) is 47.2 Å². The number of rotatable bonds is 6. The van der Waals surface area contributed by atoms with Gasteiger partial charge in [0.1, 0.15) is 30.3 Å². The first-order valence-corrected chi connectivity index (χ1v) is 17.9. The maximum atomic E-state index is 13.1. The van der Waals surface area contributed by atoms with E-state index in [4.69, 9.17) is 37.4 Å². The lowest BCUT2D eigenvalue weighted by atomic mass is 9.76. The number of epoxide rings is 1. The molecule has 5 nitrogen and oxygen atoms in total. The van der Waals surface area contributed by atoms with Crippen molar-refractivity contribution in [3.63, 3.8) is 0 Å². The molecule has 0 saturated carbocycles. The van der Waals surface area contributed by atoms with Gasteiger partial charge in [-0.1, -0.05) is 50.9 Å². The smallest absolute Gasteiger partial charge is 0.450 e. The molecular formula is C32H39Cl2F6IO5S. The fraction of sp³-hybridized carbons (Fsp3) is 0.594. The highest BCUT2D eigenvalue weighted by molar-refractivity contribution is 8.00. The van der Waals surface area contributed by atoms with E-state index >= 15 is 0 Å². The quantitative estimate of drug-likeness (QED) is 0.161. The van der Waals surface area contributed by atoms with Gasteiger partial charge < -0.3 is 38.2 Å². The van der Waals surface area contributed by atoms with E-state index in [1.54, 1.807) is 64.7 Å². The Hall–Kier alpha value is -1.29. The van der Waals surface area contributed by atoms with Gasteiger partial charge in [0.2, 0.25) is 5.78 Å². The van der Waals surface area contributed by atoms with Crippen molar-refractivity contribution in [2.75, 3.05) is 38.6 Å². The minimum Gasteiger partial charge on any atom is -1.00 e. The molecule has 1 atom stereocenters. The number of fused-ring (bicyclic) bond motifs is 2. The minimum absolute atomic E-state index is 0. The topological polar surface area (TPSA) is 65.1 Å². The van der Waals surface area contributed by atoms with E-state index in [1.807, 2.05) is 6.07 Å². The fourth-order valence-corrected chi connectivity index (χ4v) is 5.88. The number of ether oxygens (including phenoxy) is 3. The summed E-state index contributed by atoms with van der Waals surface area (Å²) in [4.78, 5) is 11.2. The molecule has 266 valence electrons. The molecule has 2 aromatic carbocycles. The lowest BCUT2D eigenvalue weighted by Crippen LogP contribution is -3.00. The van der Waals surface area contributed by atoms with E-state index in [0.717, 1.165) is 23.1 Å². The summed E-state index contributed by atoms with van der Waals surface area (Å²) in [6.07, 6.45) is -3.39. The Balaban J connectivity index is 0.000000281. The lowest BCUT2D eigenvalue weighted by molar-refractivity contribution is -0.188. The zero-order chi connectivity index (χ0) is 35.1. The summed E-state index contributed by atoms with van der Waals surface area (Å²) < 4.78 is 103. The van der Waals surface area contributed by atoms with Crippen LogP contribution in [0, 0.1) is 0 Å². The molecule has 1 saturated heterocycles. The van der Waals surface area contributed by atoms with Gasteiger partial charge in [0.05, 0.1) is 29.8 Å². The van der Waals surface area contributed by atoms with Crippen LogP contribution in [0.1, 0.15) is 62.8 Å². The number of ketones is 1. The third-order valence-corrected chi connectivity index (χ3v) is 8.05. The van der Waals surface area contributed by atoms with Crippen LogP contribution in [0.5, 0.6) is 11.5 Å². The summed E-state index contributed by atoms with van der Waals surface area (Å²) >= 11 is 12.1. The molecule has 15 heteroatoms. The van der Waals surface area contributed by atoms with Crippen LogP contribution in [0.3, 0.4) is 0 Å². The maximum Gasteiger partial charge on any atom is 0.450 e. The van der Waals surface area contributed by atoms with Crippen molar-refractivity contribution in [3.8, 4) is 11.5 Å². The molecule has 47 heavy (non-hydrogen) atoms. The van der Waals surface area contributed by atoms with Crippen molar-refractivity contribution in [1.82, 2.24) is 0 Å². The van der Waals surface area contributed by atoms with Crippen LogP contribution in [0.4, 0.5) is 26.3 Å². The Kier molecular flexibility index (Phi) is 13.3. The summed E-state index contributed by atoms with van der Waals surface area (Å²) in [7, 11) is -1.42. The van der Waals surface area contributed by atoms with Gasteiger partial charge in [-0.25, -0.2) is 0 Å². The number of carbonyl (C=O) groups excluding carboxylic acids is 1. The van der Waals surface area contributed by atoms with Crippen molar-refractivity contribution < 1.29 is 73.5 Å². The average Bonchev–Trinajstić information content (AvgIpc) is 3.26. The van der Waals surface area contributed by atoms with Crippen LogP contribution in [0.25, 0.3) is 0 Å². The third-order valence-electron chi connectivity index (χ3n) is 7.61. The van der Waals surface area contributed by atoms with E-state index in [-0.39, 0.29) is 37.0 Å². The van der Waals surface area contributed by atoms with Crippen LogP contribution < -0.4 is 33.5 Å². The second-order valence-electron chi connectivity index (χ2n) is 13.6. The number of hydrogen-bond donors (Lipinski definition) is 0. The van der Waals surface area contributed by atoms with Crippen molar-refractivity contribution in [2.45, 2.75) is 82.2 Å². The largest absolute Gasteiger partial charge is 1.00 e. The van der Waals surface area contributed by atoms with E-state index in [1.165, 1.54) is 0 Å². The van der Waals surface area contributed by atoms with Crippen LogP contribution in [-0.4, -0.2) is 62.3 Å². The first kappa shape index (κ1) is 41.9. The molecule has 1 fully saturated rings. The van der Waals surface area contributed by atoms with Crippen LogP contribution in [0.2, 0.25) is 10.0 Å². The molecular weight excluding hydrogens is 808 g/mol. The van der Waals surface area contributed by atoms with Gasteiger partial charge in [0.15, 0.2) is 5.60 Å². The first-order chi connectivity index (χ1) is 20.8. The maximum absolute atomic E-state index is 13.1. The van der Waals surface area contributed by atoms with Crippen LogP contribution in [0.15, 0.2) is 24.3 Å². The van der Waals surface area contributed by atoms with E-state index in [2.05, 4.69) is 0 Å². The third kappa shape index (κ3) is 11.1. The Morgan fingerprint density at radius 3 is 1.53 bits per heavy atom. The standard InChI is InChI=1S/C15H16ClF3O2.C14H14ClF3O2.C3H9OS.HI/c1-13(2,7-14(8-21-14)15(17,18)19)11-6-10(16)5-9-3-4-20-12(9)11;1-13(2,7-11(19)14(16,17)18)10-6-9(15)5-8-3-4-20-12(8)10;1-5(2,3)4;/h5-6H,3-4,7-8H2,1-2H3;5-6H,3-4,7H2,1-2H3;1-3H3;1H/q;;+1;/p-1. The van der Waals surface area contributed by atoms with E-state index in [0.29, 0.717) is 46.7 Å². The summed E-state index contributed by atoms with van der Waals surface area (Å²) in [5.41, 5.74) is -0.651. The highest BCUT2D eigenvalue weighted by atomic mass is 127. The molecule has 5 rings (SSSR count). The normalized spacial score (nSPS) is 18.6. The summed E-state index contributed by atoms with van der Waals surface area (Å²) in [6.45, 7) is 7.47. The highest BCUT2D eigenvalue weighted by Crippen LogP contribution is 2.53. The molecule has 3 aliphatic rings. The Morgan fingerprint density at radius 2 is 1.19 bits per heavy atom. The first-order valence-electron chi connectivity index (χ1n) is 14.4. The molecule has 1 unspecified atom stereocenters. The number of halogens is 9. The Morgan fingerprint density at radius 1 is 0.809 bits per heavy atom. The van der Waals surface area contributed by atoms with Gasteiger partial charge >= 0.3 is 12.4 Å². The SMILES string of the molecule is CC(C)(CC(=O)C(F)(F)F)c1cc(Cl)cc2c1OCC2.CC(C)(CC1(C(F)(F)F)CO1)c1cc(Cl)cc2c1OCC2.C[S+](C)(C)=O.[I-].